The Bertz CT molecular complexity index is 400. The first-order chi connectivity index (χ1) is 7.79. The molecule has 1 heterocycles. The number of esters is 1. The van der Waals surface area contributed by atoms with Crippen molar-refractivity contribution in [2.75, 3.05) is 7.11 Å². The monoisotopic (exact) mass is 236 g/mol. The van der Waals surface area contributed by atoms with Gasteiger partial charge in [0.25, 0.3) is 0 Å². The quantitative estimate of drug-likeness (QED) is 0.752. The molecule has 0 N–H and O–H groups in total. The maximum atomic E-state index is 11.0. The number of methoxy groups -OCH3 is 1. The van der Waals surface area contributed by atoms with Crippen molar-refractivity contribution in [3.63, 3.8) is 0 Å². The second kappa shape index (κ2) is 5.18. The van der Waals surface area contributed by atoms with Gasteiger partial charge in [-0.05, 0) is 5.56 Å². The number of ether oxygens (including phenoxy) is 2. The molecule has 0 saturated carbocycles. The predicted molar refractivity (Wildman–Crippen MR) is 62.7 cm³/mol. The molecule has 1 aliphatic heterocycles. The number of hydrogen-bond donors (Lipinski definition) is 0. The molecule has 0 aromatic heterocycles. The van der Waals surface area contributed by atoms with Crippen molar-refractivity contribution in [3.05, 3.63) is 46.9 Å². The van der Waals surface area contributed by atoms with Gasteiger partial charge in [-0.3, -0.25) is 0 Å². The third-order valence-electron chi connectivity index (χ3n) is 2.18. The lowest BCUT2D eigenvalue weighted by Gasteiger charge is -2.11. The van der Waals surface area contributed by atoms with E-state index < -0.39 is 6.29 Å². The van der Waals surface area contributed by atoms with E-state index in [0.717, 1.165) is 10.7 Å². The van der Waals surface area contributed by atoms with Gasteiger partial charge in [0.2, 0.25) is 6.29 Å². The molecule has 1 aliphatic rings. The molecule has 1 unspecified atom stereocenters. The smallest absolute Gasteiger partial charge is 0.334 e. The third kappa shape index (κ3) is 2.65. The molecule has 0 spiro atoms. The lowest BCUT2D eigenvalue weighted by Crippen LogP contribution is -2.12. The average Bonchev–Trinajstić information content (AvgIpc) is 2.68. The van der Waals surface area contributed by atoms with E-state index in [4.69, 9.17) is 9.47 Å². The average molecular weight is 236 g/mol. The van der Waals surface area contributed by atoms with Crippen LogP contribution in [-0.4, -0.2) is 19.4 Å². The van der Waals surface area contributed by atoms with E-state index in [9.17, 15) is 4.79 Å². The molecular weight excluding hydrogens is 224 g/mol. The summed E-state index contributed by atoms with van der Waals surface area (Å²) in [6.07, 6.45) is 0.961. The van der Waals surface area contributed by atoms with E-state index in [2.05, 4.69) is 0 Å². The number of thioether (sulfide) groups is 1. The summed E-state index contributed by atoms with van der Waals surface area (Å²) in [7, 11) is 1.53. The van der Waals surface area contributed by atoms with Crippen LogP contribution in [0.25, 0.3) is 0 Å². The van der Waals surface area contributed by atoms with Crippen molar-refractivity contribution < 1.29 is 14.3 Å². The van der Waals surface area contributed by atoms with Crippen LogP contribution in [0.5, 0.6) is 0 Å². The Labute approximate surface area is 98.4 Å². The SMILES string of the molecule is COC1OC(=O)C=C1SCc1ccccc1. The number of hydrogen-bond acceptors (Lipinski definition) is 4. The Balaban J connectivity index is 1.95. The fraction of sp³-hybridized carbons (Fsp3) is 0.250. The number of carbonyl (C=O) groups excluding carboxylic acids is 1. The second-order valence-corrected chi connectivity index (χ2v) is 4.37. The zero-order valence-corrected chi connectivity index (χ0v) is 9.70. The van der Waals surface area contributed by atoms with Gasteiger partial charge >= 0.3 is 5.97 Å². The summed E-state index contributed by atoms with van der Waals surface area (Å²) in [6.45, 7) is 0. The molecule has 84 valence electrons. The van der Waals surface area contributed by atoms with Gasteiger partial charge in [-0.1, -0.05) is 30.3 Å². The normalized spacial score (nSPS) is 19.4. The van der Waals surface area contributed by atoms with Gasteiger partial charge in [0, 0.05) is 18.9 Å². The van der Waals surface area contributed by atoms with Crippen LogP contribution in [0.1, 0.15) is 5.56 Å². The fourth-order valence-corrected chi connectivity index (χ4v) is 2.38. The molecule has 1 aromatic carbocycles. The highest BCUT2D eigenvalue weighted by molar-refractivity contribution is 8.02. The maximum absolute atomic E-state index is 11.0. The van der Waals surface area contributed by atoms with E-state index in [1.807, 2.05) is 30.3 Å². The molecule has 1 aromatic rings. The van der Waals surface area contributed by atoms with Crippen LogP contribution in [-0.2, 0) is 20.0 Å². The Morgan fingerprint density at radius 1 is 1.38 bits per heavy atom. The molecule has 0 amide bonds. The maximum Gasteiger partial charge on any atom is 0.334 e. The highest BCUT2D eigenvalue weighted by Crippen LogP contribution is 2.29. The third-order valence-corrected chi connectivity index (χ3v) is 3.30. The summed E-state index contributed by atoms with van der Waals surface area (Å²) < 4.78 is 9.99. The molecule has 0 bridgehead atoms. The summed E-state index contributed by atoms with van der Waals surface area (Å²) in [4.78, 5) is 11.9. The largest absolute Gasteiger partial charge is 0.427 e. The topological polar surface area (TPSA) is 35.5 Å². The van der Waals surface area contributed by atoms with Crippen molar-refractivity contribution in [2.24, 2.45) is 0 Å². The van der Waals surface area contributed by atoms with E-state index in [1.165, 1.54) is 18.7 Å². The zero-order chi connectivity index (χ0) is 11.4. The first kappa shape index (κ1) is 11.2. The van der Waals surface area contributed by atoms with Gasteiger partial charge < -0.3 is 9.47 Å². The van der Waals surface area contributed by atoms with Crippen LogP contribution in [0.3, 0.4) is 0 Å². The molecule has 2 rings (SSSR count). The standard InChI is InChI=1S/C12H12O3S/c1-14-12-10(7-11(13)15-12)16-8-9-5-3-2-4-6-9/h2-7,12H,8H2,1H3. The molecule has 0 aliphatic carbocycles. The molecule has 3 nitrogen and oxygen atoms in total. The molecule has 0 radical (unpaired) electrons. The minimum absolute atomic E-state index is 0.331. The Morgan fingerprint density at radius 2 is 2.12 bits per heavy atom. The van der Waals surface area contributed by atoms with Gasteiger partial charge in [-0.15, -0.1) is 11.8 Å². The Morgan fingerprint density at radius 3 is 2.81 bits per heavy atom. The number of rotatable bonds is 4. The van der Waals surface area contributed by atoms with Crippen LogP contribution in [0.4, 0.5) is 0 Å². The summed E-state index contributed by atoms with van der Waals surface area (Å²) in [5.74, 6) is 0.478. The predicted octanol–water partition coefficient (Wildman–Crippen LogP) is 2.33. The van der Waals surface area contributed by atoms with Crippen LogP contribution < -0.4 is 0 Å². The Kier molecular flexibility index (Phi) is 3.64. The molecular formula is C12H12O3S. The van der Waals surface area contributed by atoms with E-state index in [0.29, 0.717) is 0 Å². The molecule has 4 heteroatoms. The van der Waals surface area contributed by atoms with Crippen molar-refractivity contribution in [3.8, 4) is 0 Å². The lowest BCUT2D eigenvalue weighted by atomic mass is 10.2. The van der Waals surface area contributed by atoms with Gasteiger partial charge in [-0.2, -0.15) is 0 Å². The summed E-state index contributed by atoms with van der Waals surface area (Å²) >= 11 is 1.56. The summed E-state index contributed by atoms with van der Waals surface area (Å²) in [6, 6.07) is 10.1. The lowest BCUT2D eigenvalue weighted by molar-refractivity contribution is -0.154. The molecule has 0 saturated heterocycles. The highest BCUT2D eigenvalue weighted by atomic mass is 32.2. The first-order valence-electron chi connectivity index (χ1n) is 4.91. The van der Waals surface area contributed by atoms with Crippen LogP contribution in [0.2, 0.25) is 0 Å². The first-order valence-corrected chi connectivity index (χ1v) is 5.90. The minimum Gasteiger partial charge on any atom is -0.427 e. The fourth-order valence-electron chi connectivity index (χ4n) is 1.40. The van der Waals surface area contributed by atoms with Gasteiger partial charge in [0.15, 0.2) is 0 Å². The van der Waals surface area contributed by atoms with Crippen molar-refractivity contribution in [1.29, 1.82) is 0 Å². The minimum atomic E-state index is -0.527. The van der Waals surface area contributed by atoms with E-state index in [1.54, 1.807) is 11.8 Å². The van der Waals surface area contributed by atoms with Gasteiger partial charge in [0.05, 0.1) is 4.91 Å². The zero-order valence-electron chi connectivity index (χ0n) is 8.88. The number of cyclic esters (lactones) is 1. The van der Waals surface area contributed by atoms with Crippen molar-refractivity contribution in [1.82, 2.24) is 0 Å². The van der Waals surface area contributed by atoms with Gasteiger partial charge in [-0.25, -0.2) is 4.79 Å². The molecule has 0 fully saturated rings. The van der Waals surface area contributed by atoms with Gasteiger partial charge in [0.1, 0.15) is 0 Å². The van der Waals surface area contributed by atoms with E-state index in [-0.39, 0.29) is 5.97 Å². The number of benzene rings is 1. The summed E-state index contributed by atoms with van der Waals surface area (Å²) in [5, 5.41) is 0. The number of carbonyl (C=O) groups is 1. The highest BCUT2D eigenvalue weighted by Gasteiger charge is 2.25. The van der Waals surface area contributed by atoms with Crippen LogP contribution >= 0.6 is 11.8 Å². The second-order valence-electron chi connectivity index (χ2n) is 3.33. The van der Waals surface area contributed by atoms with Crippen molar-refractivity contribution in [2.45, 2.75) is 12.0 Å². The van der Waals surface area contributed by atoms with Crippen LogP contribution in [0, 0.1) is 0 Å². The van der Waals surface area contributed by atoms with Crippen molar-refractivity contribution >= 4 is 17.7 Å². The summed E-state index contributed by atoms with van der Waals surface area (Å²) in [5.41, 5.74) is 1.21. The molecule has 1 atom stereocenters. The van der Waals surface area contributed by atoms with Crippen LogP contribution in [0.15, 0.2) is 41.3 Å². The van der Waals surface area contributed by atoms with E-state index >= 15 is 0 Å². The Hall–Kier alpha value is -1.26. The molecule has 16 heavy (non-hydrogen) atoms.